The first-order valence-corrected chi connectivity index (χ1v) is 3.99. The van der Waals surface area contributed by atoms with E-state index in [1.807, 2.05) is 0 Å². The van der Waals surface area contributed by atoms with E-state index >= 15 is 0 Å². The third kappa shape index (κ3) is 1.51. The van der Waals surface area contributed by atoms with Gasteiger partial charge in [-0.1, -0.05) is 6.92 Å². The fraction of sp³-hybridized carbons (Fsp3) is 0.571. The number of aryl methyl sites for hydroxylation is 2. The molecule has 56 valence electrons. The van der Waals surface area contributed by atoms with E-state index in [4.69, 9.17) is 11.6 Å². The maximum atomic E-state index is 5.57. The molecule has 0 fully saturated rings. The average molecular weight is 159 g/mol. The zero-order valence-electron chi connectivity index (χ0n) is 6.02. The Balaban J connectivity index is 2.70. The number of nitrogens with zero attached hydrogens (tertiary/aromatic N) is 1. The molecule has 3 heteroatoms. The van der Waals surface area contributed by atoms with Gasteiger partial charge in [0, 0.05) is 18.0 Å². The second-order valence-electron chi connectivity index (χ2n) is 2.12. The standard InChI is InChI=1S/C7H11ClN2/c1-2-6-7(3-4-8)10-5-9-6/h5H,2-4H2,1H3,(H,9,10). The number of rotatable bonds is 3. The molecule has 1 rings (SSSR count). The summed E-state index contributed by atoms with van der Waals surface area (Å²) in [7, 11) is 0. The number of aromatic nitrogens is 2. The zero-order valence-corrected chi connectivity index (χ0v) is 6.78. The predicted octanol–water partition coefficient (Wildman–Crippen LogP) is 1.75. The van der Waals surface area contributed by atoms with Gasteiger partial charge in [0.25, 0.3) is 0 Å². The van der Waals surface area contributed by atoms with Gasteiger partial charge >= 0.3 is 0 Å². The van der Waals surface area contributed by atoms with Crippen molar-refractivity contribution in [2.45, 2.75) is 19.8 Å². The Morgan fingerprint density at radius 2 is 2.50 bits per heavy atom. The summed E-state index contributed by atoms with van der Waals surface area (Å²) in [5.41, 5.74) is 2.32. The maximum Gasteiger partial charge on any atom is 0.0925 e. The molecule has 1 aromatic heterocycles. The number of halogens is 1. The number of hydrogen-bond donors (Lipinski definition) is 1. The molecular weight excluding hydrogens is 148 g/mol. The third-order valence-electron chi connectivity index (χ3n) is 1.49. The molecule has 1 N–H and O–H groups in total. The molecule has 0 aromatic carbocycles. The molecule has 0 amide bonds. The zero-order chi connectivity index (χ0) is 7.40. The minimum atomic E-state index is 0.662. The molecule has 0 saturated heterocycles. The van der Waals surface area contributed by atoms with Crippen molar-refractivity contribution in [1.82, 2.24) is 9.97 Å². The molecule has 0 bridgehead atoms. The summed E-state index contributed by atoms with van der Waals surface area (Å²) in [5, 5.41) is 0. The Labute approximate surface area is 65.6 Å². The molecule has 0 saturated carbocycles. The Morgan fingerprint density at radius 1 is 1.70 bits per heavy atom. The highest BCUT2D eigenvalue weighted by Crippen LogP contribution is 2.04. The Kier molecular flexibility index (Phi) is 2.75. The van der Waals surface area contributed by atoms with Gasteiger partial charge in [-0.25, -0.2) is 4.98 Å². The van der Waals surface area contributed by atoms with Gasteiger partial charge in [0.15, 0.2) is 0 Å². The van der Waals surface area contributed by atoms with Crippen molar-refractivity contribution in [3.63, 3.8) is 0 Å². The van der Waals surface area contributed by atoms with E-state index in [2.05, 4.69) is 16.9 Å². The van der Waals surface area contributed by atoms with Crippen molar-refractivity contribution in [2.24, 2.45) is 0 Å². The van der Waals surface area contributed by atoms with E-state index in [-0.39, 0.29) is 0 Å². The van der Waals surface area contributed by atoms with E-state index in [0.29, 0.717) is 5.88 Å². The molecule has 0 aliphatic carbocycles. The minimum absolute atomic E-state index is 0.662. The second-order valence-corrected chi connectivity index (χ2v) is 2.50. The molecule has 10 heavy (non-hydrogen) atoms. The van der Waals surface area contributed by atoms with Crippen molar-refractivity contribution in [1.29, 1.82) is 0 Å². The van der Waals surface area contributed by atoms with Crippen LogP contribution in [0.3, 0.4) is 0 Å². The summed E-state index contributed by atoms with van der Waals surface area (Å²) in [6.45, 7) is 2.09. The van der Waals surface area contributed by atoms with Crippen LogP contribution in [-0.2, 0) is 12.8 Å². The number of nitrogens with one attached hydrogen (secondary N) is 1. The van der Waals surface area contributed by atoms with Crippen molar-refractivity contribution < 1.29 is 0 Å². The van der Waals surface area contributed by atoms with Crippen LogP contribution in [0.2, 0.25) is 0 Å². The van der Waals surface area contributed by atoms with Crippen LogP contribution in [0.15, 0.2) is 6.33 Å². The van der Waals surface area contributed by atoms with Crippen LogP contribution in [0, 0.1) is 0 Å². The summed E-state index contributed by atoms with van der Waals surface area (Å²) in [6, 6.07) is 0. The molecule has 0 aliphatic heterocycles. The molecule has 0 atom stereocenters. The fourth-order valence-corrected chi connectivity index (χ4v) is 1.15. The Morgan fingerprint density at radius 3 is 3.10 bits per heavy atom. The number of H-pyrrole nitrogens is 1. The molecule has 0 aliphatic rings. The normalized spacial score (nSPS) is 10.2. The maximum absolute atomic E-state index is 5.57. The summed E-state index contributed by atoms with van der Waals surface area (Å²) < 4.78 is 0. The highest BCUT2D eigenvalue weighted by molar-refractivity contribution is 6.17. The van der Waals surface area contributed by atoms with Crippen molar-refractivity contribution in [3.8, 4) is 0 Å². The summed E-state index contributed by atoms with van der Waals surface area (Å²) in [6.07, 6.45) is 3.60. The van der Waals surface area contributed by atoms with Crippen LogP contribution in [0.5, 0.6) is 0 Å². The smallest absolute Gasteiger partial charge is 0.0925 e. The first kappa shape index (κ1) is 7.61. The van der Waals surface area contributed by atoms with Gasteiger partial charge in [-0.05, 0) is 6.42 Å². The topological polar surface area (TPSA) is 28.7 Å². The van der Waals surface area contributed by atoms with E-state index in [1.165, 1.54) is 5.69 Å². The van der Waals surface area contributed by atoms with Gasteiger partial charge in [0.1, 0.15) is 0 Å². The summed E-state index contributed by atoms with van der Waals surface area (Å²) >= 11 is 5.57. The van der Waals surface area contributed by atoms with Gasteiger partial charge in [-0.2, -0.15) is 0 Å². The van der Waals surface area contributed by atoms with E-state index in [1.54, 1.807) is 6.33 Å². The Hall–Kier alpha value is -0.500. The van der Waals surface area contributed by atoms with E-state index in [9.17, 15) is 0 Å². The lowest BCUT2D eigenvalue weighted by atomic mass is 10.2. The lowest BCUT2D eigenvalue weighted by molar-refractivity contribution is 0.982. The number of aromatic amines is 1. The number of hydrogen-bond acceptors (Lipinski definition) is 1. The van der Waals surface area contributed by atoms with Crippen LogP contribution >= 0.6 is 11.6 Å². The summed E-state index contributed by atoms with van der Waals surface area (Å²) in [4.78, 5) is 7.20. The lowest BCUT2D eigenvalue weighted by Gasteiger charge is -1.94. The third-order valence-corrected chi connectivity index (χ3v) is 1.68. The molecule has 0 unspecified atom stereocenters. The van der Waals surface area contributed by atoms with Gasteiger partial charge in [0.2, 0.25) is 0 Å². The highest BCUT2D eigenvalue weighted by Gasteiger charge is 2.00. The van der Waals surface area contributed by atoms with Crippen LogP contribution in [-0.4, -0.2) is 15.8 Å². The van der Waals surface area contributed by atoms with E-state index in [0.717, 1.165) is 18.5 Å². The van der Waals surface area contributed by atoms with Gasteiger partial charge in [-0.15, -0.1) is 11.6 Å². The quantitative estimate of drug-likeness (QED) is 0.668. The number of imidazole rings is 1. The number of alkyl halides is 1. The van der Waals surface area contributed by atoms with Crippen LogP contribution in [0.1, 0.15) is 18.3 Å². The first-order chi connectivity index (χ1) is 4.88. The minimum Gasteiger partial charge on any atom is -0.348 e. The second kappa shape index (κ2) is 3.62. The predicted molar refractivity (Wildman–Crippen MR) is 42.4 cm³/mol. The van der Waals surface area contributed by atoms with Crippen molar-refractivity contribution >= 4 is 11.6 Å². The average Bonchev–Trinajstić information content (AvgIpc) is 2.36. The van der Waals surface area contributed by atoms with Crippen LogP contribution in [0.25, 0.3) is 0 Å². The van der Waals surface area contributed by atoms with Gasteiger partial charge in [-0.3, -0.25) is 0 Å². The van der Waals surface area contributed by atoms with Crippen LogP contribution < -0.4 is 0 Å². The first-order valence-electron chi connectivity index (χ1n) is 3.45. The van der Waals surface area contributed by atoms with Gasteiger partial charge < -0.3 is 4.98 Å². The molecule has 0 spiro atoms. The monoisotopic (exact) mass is 158 g/mol. The molecular formula is C7H11ClN2. The SMILES string of the molecule is CCc1nc[nH]c1CCCl. The van der Waals surface area contributed by atoms with Crippen molar-refractivity contribution in [2.75, 3.05) is 5.88 Å². The van der Waals surface area contributed by atoms with Crippen LogP contribution in [0.4, 0.5) is 0 Å². The Bertz CT molecular complexity index is 195. The fourth-order valence-electron chi connectivity index (χ4n) is 0.965. The largest absolute Gasteiger partial charge is 0.348 e. The summed E-state index contributed by atoms with van der Waals surface area (Å²) in [5.74, 6) is 0.662. The van der Waals surface area contributed by atoms with Gasteiger partial charge in [0.05, 0.1) is 12.0 Å². The molecule has 1 heterocycles. The highest BCUT2D eigenvalue weighted by atomic mass is 35.5. The molecule has 1 aromatic rings. The molecule has 2 nitrogen and oxygen atoms in total. The lowest BCUT2D eigenvalue weighted by Crippen LogP contribution is -1.92. The van der Waals surface area contributed by atoms with E-state index < -0.39 is 0 Å². The molecule has 0 radical (unpaired) electrons. The van der Waals surface area contributed by atoms with Crippen molar-refractivity contribution in [3.05, 3.63) is 17.7 Å².